The molecule has 2 rings (SSSR count). The molecule has 2 aromatic rings. The molecular formula is C14H11ClF3NO. The van der Waals surface area contributed by atoms with Gasteiger partial charge in [0.05, 0.1) is 17.9 Å². The van der Waals surface area contributed by atoms with Crippen molar-refractivity contribution in [3.63, 3.8) is 0 Å². The van der Waals surface area contributed by atoms with Crippen LogP contribution >= 0.6 is 11.6 Å². The van der Waals surface area contributed by atoms with E-state index in [0.29, 0.717) is 17.9 Å². The molecule has 6 heteroatoms. The van der Waals surface area contributed by atoms with Crippen LogP contribution in [-0.2, 0) is 6.18 Å². The number of hydrogen-bond acceptors (Lipinski definition) is 2. The molecule has 0 radical (unpaired) electrons. The molecule has 0 bridgehead atoms. The summed E-state index contributed by atoms with van der Waals surface area (Å²) in [7, 11) is 0. The molecule has 0 aliphatic carbocycles. The molecule has 0 N–H and O–H groups in total. The summed E-state index contributed by atoms with van der Waals surface area (Å²) in [6.07, 6.45) is -4.47. The van der Waals surface area contributed by atoms with E-state index in [9.17, 15) is 13.2 Å². The Balaban J connectivity index is 2.56. The Bertz CT molecular complexity index is 614. The van der Waals surface area contributed by atoms with Crippen LogP contribution in [0, 0.1) is 0 Å². The van der Waals surface area contributed by atoms with Crippen LogP contribution in [0.5, 0.6) is 5.75 Å². The fourth-order valence-electron chi connectivity index (χ4n) is 1.76. The second kappa shape index (κ2) is 5.71. The van der Waals surface area contributed by atoms with Gasteiger partial charge in [-0.1, -0.05) is 23.7 Å². The van der Waals surface area contributed by atoms with Gasteiger partial charge in [0.1, 0.15) is 10.9 Å². The van der Waals surface area contributed by atoms with Gasteiger partial charge in [-0.3, -0.25) is 0 Å². The van der Waals surface area contributed by atoms with Crippen LogP contribution in [0.3, 0.4) is 0 Å². The zero-order valence-corrected chi connectivity index (χ0v) is 11.3. The van der Waals surface area contributed by atoms with Gasteiger partial charge in [0.15, 0.2) is 0 Å². The van der Waals surface area contributed by atoms with Crippen molar-refractivity contribution in [2.75, 3.05) is 6.61 Å². The van der Waals surface area contributed by atoms with Crippen molar-refractivity contribution in [2.45, 2.75) is 13.1 Å². The van der Waals surface area contributed by atoms with Gasteiger partial charge < -0.3 is 4.74 Å². The molecule has 0 saturated heterocycles. The third-order valence-electron chi connectivity index (χ3n) is 2.58. The SMILES string of the molecule is CCOc1ccccc1-c1cc(C(F)(F)F)cc(Cl)n1. The highest BCUT2D eigenvalue weighted by molar-refractivity contribution is 6.29. The number of ether oxygens (including phenoxy) is 1. The third kappa shape index (κ3) is 3.22. The molecular weight excluding hydrogens is 291 g/mol. The van der Waals surface area contributed by atoms with Gasteiger partial charge >= 0.3 is 6.18 Å². The summed E-state index contributed by atoms with van der Waals surface area (Å²) in [5.74, 6) is 0.470. The number of alkyl halides is 3. The quantitative estimate of drug-likeness (QED) is 0.758. The highest BCUT2D eigenvalue weighted by Crippen LogP contribution is 2.35. The van der Waals surface area contributed by atoms with Crippen molar-refractivity contribution in [3.8, 4) is 17.0 Å². The third-order valence-corrected chi connectivity index (χ3v) is 2.78. The zero-order valence-electron chi connectivity index (χ0n) is 10.5. The van der Waals surface area contributed by atoms with Crippen molar-refractivity contribution >= 4 is 11.6 Å². The Morgan fingerprint density at radius 1 is 1.20 bits per heavy atom. The molecule has 0 unspecified atom stereocenters. The Morgan fingerprint density at radius 2 is 1.90 bits per heavy atom. The molecule has 0 aliphatic rings. The maximum atomic E-state index is 12.8. The van der Waals surface area contributed by atoms with E-state index in [0.717, 1.165) is 12.1 Å². The number of hydrogen-bond donors (Lipinski definition) is 0. The summed E-state index contributed by atoms with van der Waals surface area (Å²) in [6, 6.07) is 8.52. The Hall–Kier alpha value is -1.75. The molecule has 1 heterocycles. The number of pyridine rings is 1. The van der Waals surface area contributed by atoms with Crippen molar-refractivity contribution < 1.29 is 17.9 Å². The Kier molecular flexibility index (Phi) is 4.18. The molecule has 0 aliphatic heterocycles. The molecule has 0 atom stereocenters. The van der Waals surface area contributed by atoms with Gasteiger partial charge in [-0.15, -0.1) is 0 Å². The van der Waals surface area contributed by atoms with E-state index in [1.165, 1.54) is 0 Å². The molecule has 0 spiro atoms. The highest BCUT2D eigenvalue weighted by atomic mass is 35.5. The van der Waals surface area contributed by atoms with E-state index < -0.39 is 11.7 Å². The topological polar surface area (TPSA) is 22.1 Å². The maximum Gasteiger partial charge on any atom is 0.416 e. The van der Waals surface area contributed by atoms with Gasteiger partial charge in [-0.25, -0.2) is 4.98 Å². The van der Waals surface area contributed by atoms with Crippen LogP contribution in [0.15, 0.2) is 36.4 Å². The Labute approximate surface area is 119 Å². The lowest BCUT2D eigenvalue weighted by molar-refractivity contribution is -0.137. The van der Waals surface area contributed by atoms with Crippen LogP contribution in [0.25, 0.3) is 11.3 Å². The molecule has 0 amide bonds. The lowest BCUT2D eigenvalue weighted by Crippen LogP contribution is -2.06. The minimum atomic E-state index is -4.47. The van der Waals surface area contributed by atoms with Crippen molar-refractivity contribution in [1.29, 1.82) is 0 Å². The number of para-hydroxylation sites is 1. The van der Waals surface area contributed by atoms with Gasteiger partial charge in [0.25, 0.3) is 0 Å². The maximum absolute atomic E-state index is 12.8. The van der Waals surface area contributed by atoms with E-state index in [-0.39, 0.29) is 10.8 Å². The van der Waals surface area contributed by atoms with Crippen LogP contribution in [0.4, 0.5) is 13.2 Å². The summed E-state index contributed by atoms with van der Waals surface area (Å²) in [5, 5.41) is -0.207. The predicted octanol–water partition coefficient (Wildman–Crippen LogP) is 4.82. The monoisotopic (exact) mass is 301 g/mol. The van der Waals surface area contributed by atoms with Gasteiger partial charge in [0.2, 0.25) is 0 Å². The fraction of sp³-hybridized carbons (Fsp3) is 0.214. The molecule has 106 valence electrons. The zero-order chi connectivity index (χ0) is 14.8. The highest BCUT2D eigenvalue weighted by Gasteiger charge is 2.31. The lowest BCUT2D eigenvalue weighted by atomic mass is 10.1. The summed E-state index contributed by atoms with van der Waals surface area (Å²) in [4.78, 5) is 3.95. The first-order chi connectivity index (χ1) is 9.41. The number of nitrogens with zero attached hydrogens (tertiary/aromatic N) is 1. The standard InChI is InChI=1S/C14H11ClF3NO/c1-2-20-12-6-4-3-5-10(12)11-7-9(14(16,17)18)8-13(15)19-11/h3-8H,2H2,1H3. The molecule has 0 fully saturated rings. The summed E-state index contributed by atoms with van der Waals surface area (Å²) < 4.78 is 43.8. The molecule has 0 saturated carbocycles. The van der Waals surface area contributed by atoms with Gasteiger partial charge in [-0.05, 0) is 31.2 Å². The van der Waals surface area contributed by atoms with E-state index in [2.05, 4.69) is 4.98 Å². The largest absolute Gasteiger partial charge is 0.493 e. The Morgan fingerprint density at radius 3 is 2.55 bits per heavy atom. The molecule has 20 heavy (non-hydrogen) atoms. The molecule has 1 aromatic carbocycles. The summed E-state index contributed by atoms with van der Waals surface area (Å²) in [5.41, 5.74) is -0.227. The first kappa shape index (κ1) is 14.7. The van der Waals surface area contributed by atoms with E-state index in [1.807, 2.05) is 0 Å². The van der Waals surface area contributed by atoms with Crippen LogP contribution in [0.2, 0.25) is 5.15 Å². The second-order valence-corrected chi connectivity index (χ2v) is 4.38. The summed E-state index contributed by atoms with van der Waals surface area (Å²) in [6.45, 7) is 2.20. The van der Waals surface area contributed by atoms with Crippen molar-refractivity contribution in [1.82, 2.24) is 4.98 Å². The van der Waals surface area contributed by atoms with Gasteiger partial charge in [0, 0.05) is 5.56 Å². The normalized spacial score (nSPS) is 11.4. The fourth-order valence-corrected chi connectivity index (χ4v) is 1.97. The number of rotatable bonds is 3. The first-order valence-corrected chi connectivity index (χ1v) is 6.26. The van der Waals surface area contributed by atoms with Crippen LogP contribution in [-0.4, -0.2) is 11.6 Å². The van der Waals surface area contributed by atoms with Crippen LogP contribution < -0.4 is 4.74 Å². The average molecular weight is 302 g/mol. The van der Waals surface area contributed by atoms with Crippen molar-refractivity contribution in [3.05, 3.63) is 47.1 Å². The van der Waals surface area contributed by atoms with E-state index >= 15 is 0 Å². The lowest BCUT2D eigenvalue weighted by Gasteiger charge is -2.12. The van der Waals surface area contributed by atoms with E-state index in [4.69, 9.17) is 16.3 Å². The van der Waals surface area contributed by atoms with Crippen molar-refractivity contribution in [2.24, 2.45) is 0 Å². The minimum absolute atomic E-state index is 0.133. The molecule has 2 nitrogen and oxygen atoms in total. The average Bonchev–Trinajstić information content (AvgIpc) is 2.38. The second-order valence-electron chi connectivity index (χ2n) is 3.99. The smallest absolute Gasteiger partial charge is 0.416 e. The number of benzene rings is 1. The van der Waals surface area contributed by atoms with E-state index in [1.54, 1.807) is 31.2 Å². The number of halogens is 4. The number of aromatic nitrogens is 1. The molecule has 1 aromatic heterocycles. The minimum Gasteiger partial charge on any atom is -0.493 e. The first-order valence-electron chi connectivity index (χ1n) is 5.89. The van der Waals surface area contributed by atoms with Gasteiger partial charge in [-0.2, -0.15) is 13.2 Å². The van der Waals surface area contributed by atoms with Crippen LogP contribution in [0.1, 0.15) is 12.5 Å². The predicted molar refractivity (Wildman–Crippen MR) is 70.9 cm³/mol. The summed E-state index contributed by atoms with van der Waals surface area (Å²) >= 11 is 5.68.